The van der Waals surface area contributed by atoms with Crippen LogP contribution in [0, 0.1) is 22.7 Å². The fourth-order valence-corrected chi connectivity index (χ4v) is 1.27. The number of benzene rings is 1. The van der Waals surface area contributed by atoms with E-state index in [4.69, 9.17) is 20.4 Å². The van der Waals surface area contributed by atoms with Crippen molar-refractivity contribution < 1.29 is 9.84 Å². The van der Waals surface area contributed by atoms with Crippen molar-refractivity contribution in [2.45, 2.75) is 6.61 Å². The molecule has 1 aromatic rings. The number of aliphatic hydroxyl groups is 1. The Labute approximate surface area is 93.6 Å². The second-order valence-electron chi connectivity index (χ2n) is 3.01. The molecule has 0 heterocycles. The van der Waals surface area contributed by atoms with Crippen LogP contribution in [0.15, 0.2) is 23.8 Å². The highest BCUT2D eigenvalue weighted by Gasteiger charge is 2.02. The second kappa shape index (κ2) is 5.55. The summed E-state index contributed by atoms with van der Waals surface area (Å²) in [5, 5.41) is 26.3. The smallest absolute Gasteiger partial charge is 0.130 e. The van der Waals surface area contributed by atoms with Gasteiger partial charge in [0.05, 0.1) is 13.7 Å². The van der Waals surface area contributed by atoms with E-state index in [9.17, 15) is 0 Å². The molecule has 0 unspecified atom stereocenters. The van der Waals surface area contributed by atoms with Crippen LogP contribution in [0.1, 0.15) is 11.1 Å². The zero-order chi connectivity index (χ0) is 12.0. The molecule has 0 spiro atoms. The van der Waals surface area contributed by atoms with Crippen molar-refractivity contribution in [1.82, 2.24) is 0 Å². The van der Waals surface area contributed by atoms with E-state index in [0.717, 1.165) is 0 Å². The van der Waals surface area contributed by atoms with E-state index in [2.05, 4.69) is 0 Å². The van der Waals surface area contributed by atoms with Crippen molar-refractivity contribution in [3.8, 4) is 17.9 Å². The van der Waals surface area contributed by atoms with Crippen molar-refractivity contribution in [3.05, 3.63) is 34.9 Å². The minimum Gasteiger partial charge on any atom is -0.496 e. The largest absolute Gasteiger partial charge is 0.496 e. The number of hydrogen-bond donors (Lipinski definition) is 1. The Kier molecular flexibility index (Phi) is 4.08. The number of nitriles is 2. The summed E-state index contributed by atoms with van der Waals surface area (Å²) in [4.78, 5) is 0. The molecule has 1 aromatic carbocycles. The van der Waals surface area contributed by atoms with Crippen LogP contribution in [0.25, 0.3) is 6.08 Å². The topological polar surface area (TPSA) is 77.0 Å². The van der Waals surface area contributed by atoms with Crippen LogP contribution in [0.3, 0.4) is 0 Å². The maximum atomic E-state index is 9.09. The molecule has 0 aliphatic carbocycles. The molecule has 1 rings (SSSR count). The SMILES string of the molecule is COc1ccc(C=C(C#N)C#N)cc1CO. The standard InChI is InChI=1S/C12H10N2O2/c1-16-12-3-2-9(5-11(12)8-15)4-10(6-13)7-14/h2-5,15H,8H2,1H3. The van der Waals surface area contributed by atoms with Crippen LogP contribution in [0.5, 0.6) is 5.75 Å². The van der Waals surface area contributed by atoms with Gasteiger partial charge < -0.3 is 9.84 Å². The normalized spacial score (nSPS) is 8.75. The summed E-state index contributed by atoms with van der Waals surface area (Å²) < 4.78 is 5.04. The van der Waals surface area contributed by atoms with Crippen LogP contribution >= 0.6 is 0 Å². The third-order valence-electron chi connectivity index (χ3n) is 2.03. The third-order valence-corrected chi connectivity index (χ3v) is 2.03. The molecule has 0 fully saturated rings. The molecule has 0 bridgehead atoms. The van der Waals surface area contributed by atoms with Gasteiger partial charge in [-0.1, -0.05) is 6.07 Å². The predicted molar refractivity (Wildman–Crippen MR) is 58.1 cm³/mol. The van der Waals surface area contributed by atoms with E-state index < -0.39 is 0 Å². The number of methoxy groups -OCH3 is 1. The summed E-state index contributed by atoms with van der Waals surface area (Å²) in [6.07, 6.45) is 1.46. The highest BCUT2D eigenvalue weighted by Crippen LogP contribution is 2.21. The van der Waals surface area contributed by atoms with Crippen LogP contribution in [0.2, 0.25) is 0 Å². The van der Waals surface area contributed by atoms with Gasteiger partial charge in [0.25, 0.3) is 0 Å². The van der Waals surface area contributed by atoms with Crippen molar-refractivity contribution in [2.24, 2.45) is 0 Å². The first-order valence-corrected chi connectivity index (χ1v) is 4.54. The summed E-state index contributed by atoms with van der Waals surface area (Å²) in [5.41, 5.74) is 1.32. The van der Waals surface area contributed by atoms with Crippen LogP contribution < -0.4 is 4.74 Å². The first kappa shape index (κ1) is 11.8. The van der Waals surface area contributed by atoms with Gasteiger partial charge in [-0.15, -0.1) is 0 Å². The van der Waals surface area contributed by atoms with Gasteiger partial charge in [0.2, 0.25) is 0 Å². The summed E-state index contributed by atoms with van der Waals surface area (Å²) in [6, 6.07) is 8.62. The summed E-state index contributed by atoms with van der Waals surface area (Å²) in [5.74, 6) is 0.579. The van der Waals surface area contributed by atoms with Crippen LogP contribution in [0.4, 0.5) is 0 Å². The second-order valence-corrected chi connectivity index (χ2v) is 3.01. The first-order valence-electron chi connectivity index (χ1n) is 4.54. The molecule has 4 heteroatoms. The Morgan fingerprint density at radius 3 is 2.62 bits per heavy atom. The average Bonchev–Trinajstić information content (AvgIpc) is 2.35. The van der Waals surface area contributed by atoms with E-state index in [1.807, 2.05) is 0 Å². The summed E-state index contributed by atoms with van der Waals surface area (Å²) in [7, 11) is 1.51. The van der Waals surface area contributed by atoms with E-state index >= 15 is 0 Å². The molecule has 0 aromatic heterocycles. The van der Waals surface area contributed by atoms with Gasteiger partial charge in [-0.3, -0.25) is 0 Å². The quantitative estimate of drug-likeness (QED) is 0.775. The highest BCUT2D eigenvalue weighted by atomic mass is 16.5. The lowest BCUT2D eigenvalue weighted by molar-refractivity contribution is 0.274. The number of rotatable bonds is 3. The van der Waals surface area contributed by atoms with E-state index in [0.29, 0.717) is 16.9 Å². The highest BCUT2D eigenvalue weighted by molar-refractivity contribution is 5.63. The maximum Gasteiger partial charge on any atom is 0.130 e. The molecular weight excluding hydrogens is 204 g/mol. The molecule has 80 valence electrons. The molecule has 1 N–H and O–H groups in total. The molecule has 0 radical (unpaired) electrons. The Hall–Kier alpha value is -2.30. The molecule has 4 nitrogen and oxygen atoms in total. The fraction of sp³-hybridized carbons (Fsp3) is 0.167. The number of nitrogens with zero attached hydrogens (tertiary/aromatic N) is 2. The van der Waals surface area contributed by atoms with Gasteiger partial charge in [-0.2, -0.15) is 10.5 Å². The van der Waals surface area contributed by atoms with E-state index in [1.165, 1.54) is 13.2 Å². The zero-order valence-corrected chi connectivity index (χ0v) is 8.77. The van der Waals surface area contributed by atoms with Crippen molar-refractivity contribution in [3.63, 3.8) is 0 Å². The number of hydrogen-bond acceptors (Lipinski definition) is 4. The lowest BCUT2D eigenvalue weighted by atomic mass is 10.1. The Morgan fingerprint density at radius 1 is 1.44 bits per heavy atom. The van der Waals surface area contributed by atoms with Crippen LogP contribution in [-0.4, -0.2) is 12.2 Å². The van der Waals surface area contributed by atoms with E-state index in [-0.39, 0.29) is 12.2 Å². The molecule has 0 saturated heterocycles. The predicted octanol–water partition coefficient (Wildman–Crippen LogP) is 1.62. The summed E-state index contributed by atoms with van der Waals surface area (Å²) in [6.45, 7) is -0.153. The lowest BCUT2D eigenvalue weighted by Gasteiger charge is -2.06. The number of allylic oxidation sites excluding steroid dienone is 1. The molecular formula is C12H10N2O2. The monoisotopic (exact) mass is 214 g/mol. The zero-order valence-electron chi connectivity index (χ0n) is 8.77. The van der Waals surface area contributed by atoms with Gasteiger partial charge in [-0.25, -0.2) is 0 Å². The Bertz CT molecular complexity index is 477. The maximum absolute atomic E-state index is 9.09. The van der Waals surface area contributed by atoms with Gasteiger partial charge in [0.1, 0.15) is 23.5 Å². The minimum atomic E-state index is -0.153. The molecule has 16 heavy (non-hydrogen) atoms. The number of ether oxygens (including phenoxy) is 1. The number of aliphatic hydroxyl groups excluding tert-OH is 1. The molecule has 0 amide bonds. The van der Waals surface area contributed by atoms with E-state index in [1.54, 1.807) is 30.3 Å². The van der Waals surface area contributed by atoms with Crippen molar-refractivity contribution in [1.29, 1.82) is 10.5 Å². The van der Waals surface area contributed by atoms with Crippen LogP contribution in [-0.2, 0) is 6.61 Å². The summed E-state index contributed by atoms with van der Waals surface area (Å²) >= 11 is 0. The Balaban J connectivity index is 3.15. The lowest BCUT2D eigenvalue weighted by Crippen LogP contribution is -1.92. The van der Waals surface area contributed by atoms with Crippen molar-refractivity contribution >= 4 is 6.08 Å². The van der Waals surface area contributed by atoms with Gasteiger partial charge in [0, 0.05) is 5.56 Å². The molecule has 0 atom stereocenters. The van der Waals surface area contributed by atoms with Gasteiger partial charge >= 0.3 is 0 Å². The average molecular weight is 214 g/mol. The van der Waals surface area contributed by atoms with Gasteiger partial charge in [0.15, 0.2) is 0 Å². The molecule has 0 aliphatic rings. The molecule has 0 saturated carbocycles. The Morgan fingerprint density at radius 2 is 2.12 bits per heavy atom. The minimum absolute atomic E-state index is 0.0223. The molecule has 0 aliphatic heterocycles. The fourth-order valence-electron chi connectivity index (χ4n) is 1.27. The first-order chi connectivity index (χ1) is 7.74. The van der Waals surface area contributed by atoms with Gasteiger partial charge in [-0.05, 0) is 23.8 Å². The van der Waals surface area contributed by atoms with Crippen molar-refractivity contribution in [2.75, 3.05) is 7.11 Å². The third kappa shape index (κ3) is 2.60.